The number of carbonyl (C=O) groups excluding carboxylic acids is 1. The fourth-order valence-electron chi connectivity index (χ4n) is 4.34. The van der Waals surface area contributed by atoms with Crippen molar-refractivity contribution in [2.24, 2.45) is 17.8 Å². The third-order valence-electron chi connectivity index (χ3n) is 5.77. The average Bonchev–Trinajstić information content (AvgIpc) is 2.54. The van der Waals surface area contributed by atoms with Crippen LogP contribution in [-0.4, -0.2) is 38.9 Å². The highest BCUT2D eigenvalue weighted by molar-refractivity contribution is 5.96. The monoisotopic (exact) mass is 324 g/mol. The second-order valence-electron chi connectivity index (χ2n) is 7.44. The van der Waals surface area contributed by atoms with Gasteiger partial charge < -0.3 is 15.3 Å². The van der Waals surface area contributed by atoms with Crippen molar-refractivity contribution < 1.29 is 20.1 Å². The quantitative estimate of drug-likeness (QED) is 0.474. The van der Waals surface area contributed by atoms with Crippen molar-refractivity contribution in [1.29, 1.82) is 0 Å². The van der Waals surface area contributed by atoms with E-state index in [1.165, 1.54) is 19.3 Å². The van der Waals surface area contributed by atoms with Gasteiger partial charge in [0.2, 0.25) is 0 Å². The number of unbranched alkanes of at least 4 members (excludes halogenated alkanes) is 4. The van der Waals surface area contributed by atoms with Gasteiger partial charge in [-0.15, -0.1) is 0 Å². The van der Waals surface area contributed by atoms with Gasteiger partial charge in [-0.25, -0.2) is 0 Å². The van der Waals surface area contributed by atoms with Crippen LogP contribution in [0.25, 0.3) is 0 Å². The predicted molar refractivity (Wildman–Crippen MR) is 89.9 cm³/mol. The Morgan fingerprint density at radius 3 is 2.70 bits per heavy atom. The molecule has 0 heterocycles. The Bertz CT molecular complexity index is 433. The standard InChI is InChI=1S/C19H32O4/c1-3-4-5-6-7-8-14(20)9-10-15-16(21)11-12-19(23)17(15)13(2)18(19)22/h9-10,13-17,20-21,23H,3-8,11-12H2,1-2H3/b10-9+/t13?,14-,15-,16+,17+,19+/m0/s1. The lowest BCUT2D eigenvalue weighted by Crippen LogP contribution is -2.68. The summed E-state index contributed by atoms with van der Waals surface area (Å²) in [7, 11) is 0. The minimum absolute atomic E-state index is 0.0933. The Labute approximate surface area is 139 Å². The minimum atomic E-state index is -1.25. The van der Waals surface area contributed by atoms with Crippen molar-refractivity contribution in [2.45, 2.75) is 83.0 Å². The van der Waals surface area contributed by atoms with E-state index in [1.807, 2.05) is 13.0 Å². The molecule has 0 aliphatic heterocycles. The van der Waals surface area contributed by atoms with E-state index in [9.17, 15) is 20.1 Å². The lowest BCUT2D eigenvalue weighted by Gasteiger charge is -2.56. The summed E-state index contributed by atoms with van der Waals surface area (Å²) >= 11 is 0. The van der Waals surface area contributed by atoms with Crippen LogP contribution in [0.5, 0.6) is 0 Å². The summed E-state index contributed by atoms with van der Waals surface area (Å²) in [6.07, 6.45) is 9.85. The van der Waals surface area contributed by atoms with Crippen molar-refractivity contribution >= 4 is 5.78 Å². The number of ketones is 1. The molecule has 0 aromatic heterocycles. The number of rotatable bonds is 8. The van der Waals surface area contributed by atoms with E-state index >= 15 is 0 Å². The molecule has 4 nitrogen and oxygen atoms in total. The maximum Gasteiger partial charge on any atom is 0.167 e. The number of Topliss-reactive ketones (excluding diaryl/α,β-unsaturated/α-hetero) is 1. The number of hydrogen-bond donors (Lipinski definition) is 3. The topological polar surface area (TPSA) is 77.8 Å². The van der Waals surface area contributed by atoms with Gasteiger partial charge in [-0.1, -0.05) is 58.1 Å². The van der Waals surface area contributed by atoms with Gasteiger partial charge in [0.15, 0.2) is 5.78 Å². The van der Waals surface area contributed by atoms with Crippen LogP contribution in [0.15, 0.2) is 12.2 Å². The van der Waals surface area contributed by atoms with E-state index in [1.54, 1.807) is 6.08 Å². The number of aliphatic hydroxyl groups excluding tert-OH is 2. The number of aliphatic hydroxyl groups is 3. The van der Waals surface area contributed by atoms with Gasteiger partial charge in [0.1, 0.15) is 5.60 Å². The zero-order chi connectivity index (χ0) is 17.0. The first-order valence-corrected chi connectivity index (χ1v) is 9.23. The molecule has 23 heavy (non-hydrogen) atoms. The molecule has 0 aromatic rings. The Hall–Kier alpha value is -0.710. The Morgan fingerprint density at radius 1 is 1.30 bits per heavy atom. The zero-order valence-corrected chi connectivity index (χ0v) is 14.4. The van der Waals surface area contributed by atoms with E-state index in [0.717, 1.165) is 19.3 Å². The van der Waals surface area contributed by atoms with Crippen LogP contribution in [0.2, 0.25) is 0 Å². The molecule has 0 spiro atoms. The summed E-state index contributed by atoms with van der Waals surface area (Å²) in [5.74, 6) is -0.761. The molecule has 2 fully saturated rings. The van der Waals surface area contributed by atoms with E-state index in [2.05, 4.69) is 6.92 Å². The molecule has 0 aromatic carbocycles. The molecule has 0 saturated heterocycles. The van der Waals surface area contributed by atoms with E-state index in [0.29, 0.717) is 12.8 Å². The first kappa shape index (κ1) is 18.6. The van der Waals surface area contributed by atoms with E-state index in [-0.39, 0.29) is 23.5 Å². The highest BCUT2D eigenvalue weighted by Gasteiger charge is 2.63. The summed E-state index contributed by atoms with van der Waals surface area (Å²) in [5, 5.41) is 30.8. The van der Waals surface area contributed by atoms with Crippen LogP contribution in [0.1, 0.15) is 65.2 Å². The highest BCUT2D eigenvalue weighted by atomic mass is 16.3. The fraction of sp³-hybridized carbons (Fsp3) is 0.842. The molecule has 0 radical (unpaired) electrons. The zero-order valence-electron chi connectivity index (χ0n) is 14.4. The predicted octanol–water partition coefficient (Wildman–Crippen LogP) is 2.60. The minimum Gasteiger partial charge on any atom is -0.393 e. The second kappa shape index (κ2) is 7.91. The molecule has 6 atom stereocenters. The van der Waals surface area contributed by atoms with Gasteiger partial charge in [0.05, 0.1) is 12.2 Å². The lowest BCUT2D eigenvalue weighted by molar-refractivity contribution is -0.197. The summed E-state index contributed by atoms with van der Waals surface area (Å²) in [4.78, 5) is 11.9. The second-order valence-corrected chi connectivity index (χ2v) is 7.44. The largest absolute Gasteiger partial charge is 0.393 e. The number of hydrogen-bond acceptors (Lipinski definition) is 4. The molecule has 4 heteroatoms. The van der Waals surface area contributed by atoms with Crippen molar-refractivity contribution in [3.8, 4) is 0 Å². The third-order valence-corrected chi connectivity index (χ3v) is 5.77. The van der Waals surface area contributed by atoms with Crippen molar-refractivity contribution in [2.75, 3.05) is 0 Å². The first-order valence-electron chi connectivity index (χ1n) is 9.23. The summed E-state index contributed by atoms with van der Waals surface area (Å²) in [5.41, 5.74) is -1.25. The van der Waals surface area contributed by atoms with Crippen LogP contribution in [0.3, 0.4) is 0 Å². The maximum atomic E-state index is 11.9. The summed E-state index contributed by atoms with van der Waals surface area (Å²) < 4.78 is 0. The SMILES string of the molecule is CCCCCCC[C@H](O)/C=C/[C@H]1[C@H](O)CC[C@]2(O)C(=O)C(C)[C@H]12. The van der Waals surface area contributed by atoms with Gasteiger partial charge in [-0.2, -0.15) is 0 Å². The maximum absolute atomic E-state index is 11.9. The van der Waals surface area contributed by atoms with E-state index in [4.69, 9.17) is 0 Å². The third kappa shape index (κ3) is 3.86. The van der Waals surface area contributed by atoms with Crippen molar-refractivity contribution in [3.63, 3.8) is 0 Å². The molecule has 2 aliphatic rings. The molecule has 0 amide bonds. The molecular weight excluding hydrogens is 292 g/mol. The molecule has 2 rings (SSSR count). The smallest absolute Gasteiger partial charge is 0.167 e. The first-order chi connectivity index (χ1) is 10.9. The van der Waals surface area contributed by atoms with Gasteiger partial charge in [-0.05, 0) is 19.3 Å². The van der Waals surface area contributed by atoms with Crippen LogP contribution < -0.4 is 0 Å². The molecule has 1 unspecified atom stereocenters. The average molecular weight is 324 g/mol. The van der Waals surface area contributed by atoms with Crippen LogP contribution in [0, 0.1) is 17.8 Å². The number of fused-ring (bicyclic) bond motifs is 1. The van der Waals surface area contributed by atoms with Crippen LogP contribution in [0.4, 0.5) is 0 Å². The lowest BCUT2D eigenvalue weighted by atomic mass is 9.50. The van der Waals surface area contributed by atoms with Crippen LogP contribution >= 0.6 is 0 Å². The Morgan fingerprint density at radius 2 is 2.00 bits per heavy atom. The van der Waals surface area contributed by atoms with Crippen LogP contribution in [-0.2, 0) is 4.79 Å². The summed E-state index contributed by atoms with van der Waals surface area (Å²) in [6, 6.07) is 0. The van der Waals surface area contributed by atoms with Gasteiger partial charge in [0, 0.05) is 17.8 Å². The van der Waals surface area contributed by atoms with Gasteiger partial charge >= 0.3 is 0 Å². The fourth-order valence-corrected chi connectivity index (χ4v) is 4.34. The van der Waals surface area contributed by atoms with Crippen molar-refractivity contribution in [3.05, 3.63) is 12.2 Å². The van der Waals surface area contributed by atoms with Gasteiger partial charge in [0.25, 0.3) is 0 Å². The van der Waals surface area contributed by atoms with Gasteiger partial charge in [-0.3, -0.25) is 4.79 Å². The highest BCUT2D eigenvalue weighted by Crippen LogP contribution is 2.52. The molecule has 2 saturated carbocycles. The Balaban J connectivity index is 1.86. The normalized spacial score (nSPS) is 38.4. The Kier molecular flexibility index (Phi) is 6.40. The molecule has 3 N–H and O–H groups in total. The van der Waals surface area contributed by atoms with E-state index < -0.39 is 17.8 Å². The number of carbonyl (C=O) groups is 1. The molecule has 0 bridgehead atoms. The summed E-state index contributed by atoms with van der Waals surface area (Å²) in [6.45, 7) is 4.00. The molecule has 132 valence electrons. The van der Waals surface area contributed by atoms with Crippen molar-refractivity contribution in [1.82, 2.24) is 0 Å². The molecule has 2 aliphatic carbocycles. The molecular formula is C19H32O4.